The molecular weight excluding hydrogens is 354 g/mol. The quantitative estimate of drug-likeness (QED) is 0.623. The van der Waals surface area contributed by atoms with Gasteiger partial charge in [0.05, 0.1) is 30.1 Å². The molecule has 1 heterocycles. The molecule has 6 heteroatoms. The number of esters is 1. The van der Waals surface area contributed by atoms with E-state index in [1.807, 2.05) is 18.2 Å². The number of carbonyl (C=O) groups is 2. The SMILES string of the molecule is CCc1ccccc1Nc1cncc(C(=O)Nc2cccc(C(=O)OC)c2)c1. The molecule has 2 N–H and O–H groups in total. The minimum Gasteiger partial charge on any atom is -0.465 e. The maximum absolute atomic E-state index is 12.6. The number of carbonyl (C=O) groups excluding carboxylic acids is 2. The van der Waals surface area contributed by atoms with Gasteiger partial charge < -0.3 is 15.4 Å². The largest absolute Gasteiger partial charge is 0.465 e. The monoisotopic (exact) mass is 375 g/mol. The van der Waals surface area contributed by atoms with E-state index in [0.29, 0.717) is 16.8 Å². The number of hydrogen-bond donors (Lipinski definition) is 2. The molecule has 0 radical (unpaired) electrons. The van der Waals surface area contributed by atoms with Gasteiger partial charge >= 0.3 is 5.97 Å². The zero-order chi connectivity index (χ0) is 19.9. The molecule has 0 aliphatic carbocycles. The Balaban J connectivity index is 1.76. The molecule has 0 aliphatic rings. The third kappa shape index (κ3) is 4.54. The number of para-hydroxylation sites is 1. The number of aryl methyl sites for hydroxylation is 1. The van der Waals surface area contributed by atoms with Crippen molar-refractivity contribution in [2.75, 3.05) is 17.7 Å². The molecule has 6 nitrogen and oxygen atoms in total. The summed E-state index contributed by atoms with van der Waals surface area (Å²) < 4.78 is 4.70. The molecule has 28 heavy (non-hydrogen) atoms. The summed E-state index contributed by atoms with van der Waals surface area (Å²) in [5, 5.41) is 6.09. The number of nitrogens with one attached hydrogen (secondary N) is 2. The summed E-state index contributed by atoms with van der Waals surface area (Å²) in [5.74, 6) is -0.777. The van der Waals surface area contributed by atoms with Crippen LogP contribution in [-0.4, -0.2) is 24.0 Å². The highest BCUT2D eigenvalue weighted by atomic mass is 16.5. The highest BCUT2D eigenvalue weighted by Crippen LogP contribution is 2.22. The summed E-state index contributed by atoms with van der Waals surface area (Å²) in [5.41, 5.74) is 4.15. The number of amides is 1. The number of methoxy groups -OCH3 is 1. The molecule has 0 spiro atoms. The van der Waals surface area contributed by atoms with Crippen LogP contribution in [0.3, 0.4) is 0 Å². The standard InChI is InChI=1S/C22H21N3O3/c1-3-15-7-4-5-10-20(15)24-19-12-17(13-23-14-19)21(26)25-18-9-6-8-16(11-18)22(27)28-2/h4-14,24H,3H2,1-2H3,(H,25,26). The molecule has 0 saturated carbocycles. The van der Waals surface area contributed by atoms with Crippen molar-refractivity contribution in [3.05, 3.63) is 83.7 Å². The van der Waals surface area contributed by atoms with Gasteiger partial charge in [-0.25, -0.2) is 4.79 Å². The second-order valence-electron chi connectivity index (χ2n) is 6.12. The molecule has 2 aromatic carbocycles. The molecule has 3 rings (SSSR count). The van der Waals surface area contributed by atoms with Gasteiger partial charge in [0.1, 0.15) is 0 Å². The van der Waals surface area contributed by atoms with Crippen molar-refractivity contribution in [1.82, 2.24) is 4.98 Å². The van der Waals surface area contributed by atoms with Gasteiger partial charge in [0.15, 0.2) is 0 Å². The summed E-state index contributed by atoms with van der Waals surface area (Å²) in [4.78, 5) is 28.4. The highest BCUT2D eigenvalue weighted by molar-refractivity contribution is 6.05. The van der Waals surface area contributed by atoms with Crippen molar-refractivity contribution in [2.24, 2.45) is 0 Å². The maximum atomic E-state index is 12.6. The van der Waals surface area contributed by atoms with Gasteiger partial charge in [0, 0.05) is 17.6 Å². The average molecular weight is 375 g/mol. The zero-order valence-corrected chi connectivity index (χ0v) is 15.7. The van der Waals surface area contributed by atoms with Crippen LogP contribution in [0, 0.1) is 0 Å². The first-order valence-corrected chi connectivity index (χ1v) is 8.90. The number of pyridine rings is 1. The van der Waals surface area contributed by atoms with Gasteiger partial charge in [-0.3, -0.25) is 9.78 Å². The van der Waals surface area contributed by atoms with E-state index >= 15 is 0 Å². The predicted octanol–water partition coefficient (Wildman–Crippen LogP) is 4.43. The Bertz CT molecular complexity index is 1000. The average Bonchev–Trinajstić information content (AvgIpc) is 2.74. The first-order chi connectivity index (χ1) is 13.6. The normalized spacial score (nSPS) is 10.2. The molecule has 142 valence electrons. The Morgan fingerprint density at radius 2 is 1.75 bits per heavy atom. The molecule has 0 unspecified atom stereocenters. The number of aromatic nitrogens is 1. The lowest BCUT2D eigenvalue weighted by molar-refractivity contribution is 0.0600. The lowest BCUT2D eigenvalue weighted by Crippen LogP contribution is -2.13. The lowest BCUT2D eigenvalue weighted by atomic mass is 10.1. The van der Waals surface area contributed by atoms with Crippen molar-refractivity contribution in [3.63, 3.8) is 0 Å². The van der Waals surface area contributed by atoms with E-state index in [2.05, 4.69) is 28.6 Å². The maximum Gasteiger partial charge on any atom is 0.337 e. The molecule has 0 saturated heterocycles. The van der Waals surface area contributed by atoms with Crippen molar-refractivity contribution in [1.29, 1.82) is 0 Å². The van der Waals surface area contributed by atoms with E-state index in [4.69, 9.17) is 4.74 Å². The highest BCUT2D eigenvalue weighted by Gasteiger charge is 2.11. The second-order valence-corrected chi connectivity index (χ2v) is 6.12. The Labute approximate surface area is 163 Å². The fourth-order valence-electron chi connectivity index (χ4n) is 2.78. The molecule has 3 aromatic rings. The minimum absolute atomic E-state index is 0.318. The molecule has 0 atom stereocenters. The van der Waals surface area contributed by atoms with Gasteiger partial charge in [0.2, 0.25) is 0 Å². The fraction of sp³-hybridized carbons (Fsp3) is 0.136. The van der Waals surface area contributed by atoms with E-state index in [1.165, 1.54) is 18.9 Å². The van der Waals surface area contributed by atoms with E-state index in [0.717, 1.165) is 17.8 Å². The topological polar surface area (TPSA) is 80.3 Å². The van der Waals surface area contributed by atoms with Crippen LogP contribution in [0.1, 0.15) is 33.2 Å². The van der Waals surface area contributed by atoms with E-state index < -0.39 is 5.97 Å². The van der Waals surface area contributed by atoms with E-state index in [-0.39, 0.29) is 5.91 Å². The Kier molecular flexibility index (Phi) is 6.01. The van der Waals surface area contributed by atoms with Crippen molar-refractivity contribution in [3.8, 4) is 0 Å². The van der Waals surface area contributed by atoms with E-state index in [1.54, 1.807) is 36.5 Å². The molecular formula is C22H21N3O3. The van der Waals surface area contributed by atoms with Crippen LogP contribution in [0.2, 0.25) is 0 Å². The van der Waals surface area contributed by atoms with E-state index in [9.17, 15) is 9.59 Å². The van der Waals surface area contributed by atoms with Crippen molar-refractivity contribution < 1.29 is 14.3 Å². The third-order valence-corrected chi connectivity index (χ3v) is 4.22. The third-order valence-electron chi connectivity index (χ3n) is 4.22. The molecule has 0 bridgehead atoms. The summed E-state index contributed by atoms with van der Waals surface area (Å²) in [6, 6.07) is 16.3. The zero-order valence-electron chi connectivity index (χ0n) is 15.7. The number of anilines is 3. The smallest absolute Gasteiger partial charge is 0.337 e. The Hall–Kier alpha value is -3.67. The van der Waals surface area contributed by atoms with Crippen LogP contribution >= 0.6 is 0 Å². The molecule has 0 fully saturated rings. The van der Waals surface area contributed by atoms with Crippen LogP contribution < -0.4 is 10.6 Å². The minimum atomic E-state index is -0.460. The van der Waals surface area contributed by atoms with Crippen molar-refractivity contribution >= 4 is 28.9 Å². The first kappa shape index (κ1) is 19.1. The van der Waals surface area contributed by atoms with Gasteiger partial charge in [-0.15, -0.1) is 0 Å². The number of ether oxygens (including phenoxy) is 1. The van der Waals surface area contributed by atoms with Crippen LogP contribution in [0.15, 0.2) is 67.0 Å². The fourth-order valence-corrected chi connectivity index (χ4v) is 2.78. The predicted molar refractivity (Wildman–Crippen MR) is 109 cm³/mol. The number of hydrogen-bond acceptors (Lipinski definition) is 5. The Morgan fingerprint density at radius 1 is 0.964 bits per heavy atom. The lowest BCUT2D eigenvalue weighted by Gasteiger charge is -2.12. The van der Waals surface area contributed by atoms with Crippen LogP contribution in [0.25, 0.3) is 0 Å². The summed E-state index contributed by atoms with van der Waals surface area (Å²) in [6.07, 6.45) is 4.06. The second kappa shape index (κ2) is 8.81. The number of nitrogens with zero attached hydrogens (tertiary/aromatic N) is 1. The summed E-state index contributed by atoms with van der Waals surface area (Å²) in [7, 11) is 1.31. The van der Waals surface area contributed by atoms with Crippen LogP contribution in [-0.2, 0) is 11.2 Å². The van der Waals surface area contributed by atoms with Gasteiger partial charge in [-0.2, -0.15) is 0 Å². The molecule has 1 amide bonds. The molecule has 1 aromatic heterocycles. The summed E-state index contributed by atoms with van der Waals surface area (Å²) in [6.45, 7) is 2.09. The van der Waals surface area contributed by atoms with Gasteiger partial charge in [0.25, 0.3) is 5.91 Å². The number of benzene rings is 2. The number of rotatable bonds is 6. The molecule has 0 aliphatic heterocycles. The van der Waals surface area contributed by atoms with Gasteiger partial charge in [-0.1, -0.05) is 31.2 Å². The van der Waals surface area contributed by atoms with Crippen molar-refractivity contribution in [2.45, 2.75) is 13.3 Å². The van der Waals surface area contributed by atoms with Crippen LogP contribution in [0.4, 0.5) is 17.1 Å². The van der Waals surface area contributed by atoms with Gasteiger partial charge in [-0.05, 0) is 42.3 Å². The van der Waals surface area contributed by atoms with Crippen LogP contribution in [0.5, 0.6) is 0 Å². The summed E-state index contributed by atoms with van der Waals surface area (Å²) >= 11 is 0. The first-order valence-electron chi connectivity index (χ1n) is 8.90. The Morgan fingerprint density at radius 3 is 2.54 bits per heavy atom.